The van der Waals surface area contributed by atoms with Gasteiger partial charge < -0.3 is 9.30 Å². The van der Waals surface area contributed by atoms with Crippen LogP contribution in [-0.4, -0.2) is 19.3 Å². The predicted octanol–water partition coefficient (Wildman–Crippen LogP) is 11.8. The number of ether oxygens (including phenoxy) is 1. The molecule has 0 saturated carbocycles. The van der Waals surface area contributed by atoms with Gasteiger partial charge in [-0.25, -0.2) is 4.98 Å². The third-order valence-corrected chi connectivity index (χ3v) is 9.91. The fourth-order valence-electron chi connectivity index (χ4n) is 6.78. The van der Waals surface area contributed by atoms with Crippen LogP contribution >= 0.6 is 0 Å². The van der Waals surface area contributed by atoms with Gasteiger partial charge in [0, 0.05) is 34.2 Å². The van der Waals surface area contributed by atoms with Crippen molar-refractivity contribution >= 4 is 21.8 Å². The molecule has 3 aromatic heterocycles. The number of fused-ring (bicyclic) bond motifs is 3. The van der Waals surface area contributed by atoms with E-state index in [0.29, 0.717) is 11.5 Å². The van der Waals surface area contributed by atoms with Gasteiger partial charge in [-0.2, -0.15) is 17.2 Å². The third-order valence-electron chi connectivity index (χ3n) is 9.91. The van der Waals surface area contributed by atoms with Gasteiger partial charge in [0.2, 0.25) is 0 Å². The van der Waals surface area contributed by atoms with Crippen LogP contribution in [0.4, 0.5) is 0 Å². The molecular weight excluding hydrogens is 719 g/mol. The monoisotopic (exact) mass is 764 g/mol. The molecule has 6 heteroatoms. The van der Waals surface area contributed by atoms with E-state index in [1.54, 1.807) is 0 Å². The molecule has 0 unspecified atom stereocenters. The van der Waals surface area contributed by atoms with E-state index in [4.69, 9.17) is 14.8 Å². The van der Waals surface area contributed by atoms with Crippen molar-refractivity contribution in [3.63, 3.8) is 0 Å². The maximum absolute atomic E-state index is 6.54. The van der Waals surface area contributed by atoms with Gasteiger partial charge in [-0.1, -0.05) is 103 Å². The number of hydrogen-bond donors (Lipinski definition) is 0. The van der Waals surface area contributed by atoms with E-state index in [9.17, 15) is 0 Å². The average molecular weight is 765 g/mol. The quantitative estimate of drug-likeness (QED) is 0.114. The van der Waals surface area contributed by atoms with E-state index in [0.717, 1.165) is 51.0 Å². The second-order valence-corrected chi connectivity index (χ2v) is 15.4. The van der Waals surface area contributed by atoms with Crippen LogP contribution in [0.25, 0.3) is 44.4 Å². The normalized spacial score (nSPS) is 12.1. The molecule has 0 saturated heterocycles. The van der Waals surface area contributed by atoms with Gasteiger partial charge in [-0.3, -0.25) is 4.68 Å². The molecule has 7 rings (SSSR count). The molecule has 262 valence electrons. The Hall–Kier alpha value is -4.50. The largest absolute Gasteiger partial charge is 2.00 e. The van der Waals surface area contributed by atoms with Crippen molar-refractivity contribution in [3.8, 4) is 34.1 Å². The summed E-state index contributed by atoms with van der Waals surface area (Å²) in [7, 11) is 0. The molecule has 0 aliphatic carbocycles. The van der Waals surface area contributed by atoms with Gasteiger partial charge in [0.05, 0.1) is 11.4 Å². The summed E-state index contributed by atoms with van der Waals surface area (Å²) in [4.78, 5) is 4.72. The van der Waals surface area contributed by atoms with Gasteiger partial charge >= 0.3 is 20.4 Å². The Morgan fingerprint density at radius 2 is 1.53 bits per heavy atom. The van der Waals surface area contributed by atoms with E-state index < -0.39 is 0 Å². The molecule has 4 aromatic carbocycles. The van der Waals surface area contributed by atoms with E-state index in [2.05, 4.69) is 150 Å². The van der Waals surface area contributed by atoms with Gasteiger partial charge in [-0.05, 0) is 70.6 Å². The van der Waals surface area contributed by atoms with Gasteiger partial charge in [-0.15, -0.1) is 35.7 Å². The van der Waals surface area contributed by atoms with Crippen LogP contribution in [0.1, 0.15) is 90.2 Å². The Kier molecular flexibility index (Phi) is 9.90. The molecule has 0 aliphatic rings. The Labute approximate surface area is 316 Å². The predicted molar refractivity (Wildman–Crippen MR) is 206 cm³/mol. The standard InChI is InChI=1S/C45H46N4O.Pd/c1-10-45(8,9)43-41(31-18-20-32(21-19-31)44(5,6)7)42(29(2)3)47-49(43)33-14-13-15-34(27-33)50-35-22-23-37-36-16-11-12-17-38(36)48(39(37)28-35)40-26-30(4)24-25-46-40;/h11-26,29H,10H2,1-9H3;/q-2;+2. The molecule has 0 atom stereocenters. The first-order valence-electron chi connectivity index (χ1n) is 17.7. The number of pyridine rings is 1. The SMILES string of the molecule is CCC(C)(C)c1c(-c2ccc(C(C)(C)C)cc2)c(C(C)C)nn1-c1[c-]c(Oc2[c-]c3c(cc2)c2ccccc2n3-c2cc(C)ccn2)ccc1.[Pd+2]. The Morgan fingerprint density at radius 1 is 0.804 bits per heavy atom. The average Bonchev–Trinajstić information content (AvgIpc) is 3.66. The van der Waals surface area contributed by atoms with E-state index >= 15 is 0 Å². The fourth-order valence-corrected chi connectivity index (χ4v) is 6.78. The topological polar surface area (TPSA) is 44.9 Å². The summed E-state index contributed by atoms with van der Waals surface area (Å²) in [5, 5.41) is 7.57. The molecule has 0 radical (unpaired) electrons. The minimum Gasteiger partial charge on any atom is -0.509 e. The molecule has 0 N–H and O–H groups in total. The summed E-state index contributed by atoms with van der Waals surface area (Å²) in [6, 6.07) is 38.9. The van der Waals surface area contributed by atoms with Crippen molar-refractivity contribution in [2.45, 2.75) is 85.5 Å². The molecule has 0 spiro atoms. The minimum absolute atomic E-state index is 0. The van der Waals surface area contributed by atoms with Crippen molar-refractivity contribution in [3.05, 3.63) is 132 Å². The molecule has 0 amide bonds. The van der Waals surface area contributed by atoms with Crippen LogP contribution in [0.15, 0.2) is 97.2 Å². The van der Waals surface area contributed by atoms with Gasteiger partial charge in [0.15, 0.2) is 0 Å². The minimum atomic E-state index is -0.154. The second kappa shape index (κ2) is 13.9. The zero-order valence-corrected chi connectivity index (χ0v) is 32.6. The molecule has 0 aliphatic heterocycles. The number of aryl methyl sites for hydroxylation is 1. The van der Waals surface area contributed by atoms with Crippen molar-refractivity contribution in [2.24, 2.45) is 0 Å². The molecule has 3 heterocycles. The van der Waals surface area contributed by atoms with Crippen LogP contribution in [0.5, 0.6) is 11.5 Å². The Bertz CT molecular complexity index is 2340. The second-order valence-electron chi connectivity index (χ2n) is 15.4. The smallest absolute Gasteiger partial charge is 0.509 e. The van der Waals surface area contributed by atoms with E-state index in [1.807, 2.05) is 30.5 Å². The summed E-state index contributed by atoms with van der Waals surface area (Å²) in [5.74, 6) is 2.30. The van der Waals surface area contributed by atoms with Crippen LogP contribution < -0.4 is 4.74 Å². The van der Waals surface area contributed by atoms with Crippen LogP contribution in [0.2, 0.25) is 0 Å². The summed E-state index contributed by atoms with van der Waals surface area (Å²) in [6.07, 6.45) is 2.81. The van der Waals surface area contributed by atoms with Crippen LogP contribution in [0.3, 0.4) is 0 Å². The Morgan fingerprint density at radius 3 is 2.22 bits per heavy atom. The number of rotatable bonds is 8. The molecule has 0 fully saturated rings. The van der Waals surface area contributed by atoms with Crippen LogP contribution in [0, 0.1) is 19.1 Å². The Balaban J connectivity index is 0.00000448. The molecular formula is C45H46N4OPd. The summed E-state index contributed by atoms with van der Waals surface area (Å²) < 4.78 is 10.8. The van der Waals surface area contributed by atoms with E-state index in [-0.39, 0.29) is 37.2 Å². The first-order valence-corrected chi connectivity index (χ1v) is 17.7. The van der Waals surface area contributed by atoms with E-state index in [1.165, 1.54) is 22.4 Å². The molecule has 5 nitrogen and oxygen atoms in total. The maximum atomic E-state index is 6.54. The molecule has 51 heavy (non-hydrogen) atoms. The van der Waals surface area contributed by atoms with Crippen molar-refractivity contribution in [2.75, 3.05) is 0 Å². The van der Waals surface area contributed by atoms with Crippen molar-refractivity contribution in [1.82, 2.24) is 19.3 Å². The number of hydrogen-bond acceptors (Lipinski definition) is 3. The first-order chi connectivity index (χ1) is 23.9. The maximum Gasteiger partial charge on any atom is 2.00 e. The molecule has 0 bridgehead atoms. The number of aromatic nitrogens is 4. The zero-order chi connectivity index (χ0) is 35.4. The molecule has 7 aromatic rings. The number of benzene rings is 4. The van der Waals surface area contributed by atoms with Gasteiger partial charge in [0.1, 0.15) is 5.82 Å². The summed E-state index contributed by atoms with van der Waals surface area (Å²) in [5.41, 5.74) is 9.91. The first kappa shape index (κ1) is 36.3. The zero-order valence-electron chi connectivity index (χ0n) is 31.0. The summed E-state index contributed by atoms with van der Waals surface area (Å²) >= 11 is 0. The number of nitrogens with zero attached hydrogens (tertiary/aromatic N) is 4. The van der Waals surface area contributed by atoms with Gasteiger partial charge in [0.25, 0.3) is 0 Å². The van der Waals surface area contributed by atoms with Crippen molar-refractivity contribution in [1.29, 1.82) is 0 Å². The third kappa shape index (κ3) is 6.80. The fraction of sp³-hybridized carbons (Fsp3) is 0.289. The number of para-hydroxylation sites is 1. The van der Waals surface area contributed by atoms with Crippen molar-refractivity contribution < 1.29 is 25.2 Å². The van der Waals surface area contributed by atoms with Crippen LogP contribution in [-0.2, 0) is 31.3 Å². The summed E-state index contributed by atoms with van der Waals surface area (Å²) in [6.45, 7) is 20.2.